The van der Waals surface area contributed by atoms with Gasteiger partial charge in [0.1, 0.15) is 5.60 Å². The minimum absolute atomic E-state index is 0.516. The molecule has 0 atom stereocenters. The van der Waals surface area contributed by atoms with E-state index in [9.17, 15) is 0 Å². The van der Waals surface area contributed by atoms with E-state index in [0.717, 1.165) is 28.7 Å². The molecule has 4 aromatic rings. The molecule has 0 saturated heterocycles. The summed E-state index contributed by atoms with van der Waals surface area (Å²) >= 11 is 0. The van der Waals surface area contributed by atoms with Gasteiger partial charge in [-0.2, -0.15) is 5.10 Å². The van der Waals surface area contributed by atoms with Gasteiger partial charge in [-0.25, -0.2) is 0 Å². The van der Waals surface area contributed by atoms with Gasteiger partial charge < -0.3 is 10.5 Å². The summed E-state index contributed by atoms with van der Waals surface area (Å²) in [6, 6.07) is 31.3. The topological polar surface area (TPSA) is 53.1 Å². The van der Waals surface area contributed by atoms with Crippen molar-refractivity contribution in [3.8, 4) is 0 Å². The molecule has 0 saturated carbocycles. The molecule has 0 fully saturated rings. The Hall–Kier alpha value is -3.21. The van der Waals surface area contributed by atoms with Crippen molar-refractivity contribution >= 4 is 0 Å². The Balaban J connectivity index is 1.71. The second-order valence-corrected chi connectivity index (χ2v) is 7.28. The van der Waals surface area contributed by atoms with Gasteiger partial charge in [0, 0.05) is 6.20 Å². The molecule has 3 aromatic carbocycles. The molecule has 0 aliphatic rings. The molecule has 0 spiro atoms. The fraction of sp³-hybridized carbons (Fsp3) is 0.192. The Morgan fingerprint density at radius 2 is 1.27 bits per heavy atom. The lowest BCUT2D eigenvalue weighted by atomic mass is 9.80. The zero-order chi connectivity index (χ0) is 20.7. The van der Waals surface area contributed by atoms with Crippen LogP contribution in [0.2, 0.25) is 0 Å². The van der Waals surface area contributed by atoms with Crippen molar-refractivity contribution in [3.63, 3.8) is 0 Å². The number of nitrogens with zero attached hydrogens (tertiary/aromatic N) is 2. The van der Waals surface area contributed by atoms with Crippen LogP contribution in [0.15, 0.2) is 103 Å². The minimum Gasteiger partial charge on any atom is -0.359 e. The predicted octanol–water partition coefficient (Wildman–Crippen LogP) is 4.39. The Labute approximate surface area is 177 Å². The lowest BCUT2D eigenvalue weighted by Crippen LogP contribution is -2.34. The fourth-order valence-corrected chi connectivity index (χ4v) is 3.89. The summed E-state index contributed by atoms with van der Waals surface area (Å²) in [6.07, 6.45) is 4.76. The van der Waals surface area contributed by atoms with Gasteiger partial charge in [-0.1, -0.05) is 91.0 Å². The molecule has 0 radical (unpaired) electrons. The highest BCUT2D eigenvalue weighted by molar-refractivity contribution is 5.47. The van der Waals surface area contributed by atoms with Crippen LogP contribution in [0.4, 0.5) is 0 Å². The molecule has 4 nitrogen and oxygen atoms in total. The minimum atomic E-state index is -0.697. The summed E-state index contributed by atoms with van der Waals surface area (Å²) in [4.78, 5) is 0. The first-order valence-electron chi connectivity index (χ1n) is 10.3. The molecule has 1 heterocycles. The van der Waals surface area contributed by atoms with E-state index in [4.69, 9.17) is 10.5 Å². The van der Waals surface area contributed by atoms with Crippen molar-refractivity contribution in [1.82, 2.24) is 9.78 Å². The summed E-state index contributed by atoms with van der Waals surface area (Å²) in [5.74, 6) is 0. The van der Waals surface area contributed by atoms with Crippen LogP contribution in [0.3, 0.4) is 0 Å². The molecule has 4 rings (SSSR count). The molecule has 0 unspecified atom stereocenters. The summed E-state index contributed by atoms with van der Waals surface area (Å²) in [6.45, 7) is 1.81. The third-order valence-electron chi connectivity index (χ3n) is 5.30. The standard InChI is InChI=1S/C26H27N3O/c27-17-16-22-20-28-29(21-22)18-19-30-26(23-10-4-1-5-11-23,24-12-6-2-7-13-24)25-14-8-3-9-15-25/h1-15,20-21H,16-19,27H2. The molecule has 0 aliphatic carbocycles. The van der Waals surface area contributed by atoms with Crippen LogP contribution >= 0.6 is 0 Å². The van der Waals surface area contributed by atoms with Crippen molar-refractivity contribution in [3.05, 3.63) is 126 Å². The first-order valence-corrected chi connectivity index (χ1v) is 10.3. The van der Waals surface area contributed by atoms with Crippen molar-refractivity contribution < 1.29 is 4.74 Å². The van der Waals surface area contributed by atoms with E-state index in [1.165, 1.54) is 0 Å². The number of hydrogen-bond donors (Lipinski definition) is 1. The van der Waals surface area contributed by atoms with E-state index in [0.29, 0.717) is 19.7 Å². The van der Waals surface area contributed by atoms with Crippen molar-refractivity contribution in [2.75, 3.05) is 13.2 Å². The van der Waals surface area contributed by atoms with Crippen LogP contribution < -0.4 is 5.73 Å². The van der Waals surface area contributed by atoms with Gasteiger partial charge in [0.05, 0.1) is 19.3 Å². The molecular weight excluding hydrogens is 370 g/mol. The van der Waals surface area contributed by atoms with Crippen LogP contribution in [0.5, 0.6) is 0 Å². The highest BCUT2D eigenvalue weighted by atomic mass is 16.5. The van der Waals surface area contributed by atoms with E-state index in [-0.39, 0.29) is 0 Å². The van der Waals surface area contributed by atoms with Gasteiger partial charge in [0.15, 0.2) is 0 Å². The lowest BCUT2D eigenvalue weighted by molar-refractivity contribution is 0.00714. The van der Waals surface area contributed by atoms with Gasteiger partial charge in [-0.05, 0) is 35.2 Å². The van der Waals surface area contributed by atoms with E-state index in [2.05, 4.69) is 77.9 Å². The normalized spacial score (nSPS) is 11.5. The van der Waals surface area contributed by atoms with Crippen LogP contribution in [-0.4, -0.2) is 22.9 Å². The SMILES string of the molecule is NCCc1cnn(CCOC(c2ccccc2)(c2ccccc2)c2ccccc2)c1. The van der Waals surface area contributed by atoms with Crippen molar-refractivity contribution in [2.45, 2.75) is 18.6 Å². The molecule has 152 valence electrons. The monoisotopic (exact) mass is 397 g/mol. The average molecular weight is 398 g/mol. The molecule has 0 amide bonds. The fourth-order valence-electron chi connectivity index (χ4n) is 3.89. The van der Waals surface area contributed by atoms with E-state index < -0.39 is 5.60 Å². The summed E-state index contributed by atoms with van der Waals surface area (Å²) in [5, 5.41) is 4.45. The van der Waals surface area contributed by atoms with Crippen LogP contribution in [0.25, 0.3) is 0 Å². The molecule has 4 heteroatoms. The Kier molecular flexibility index (Phi) is 6.38. The number of hydrogen-bond acceptors (Lipinski definition) is 3. The molecule has 30 heavy (non-hydrogen) atoms. The van der Waals surface area contributed by atoms with E-state index >= 15 is 0 Å². The molecule has 0 bridgehead atoms. The van der Waals surface area contributed by atoms with Crippen LogP contribution in [0.1, 0.15) is 22.3 Å². The van der Waals surface area contributed by atoms with Crippen molar-refractivity contribution in [2.24, 2.45) is 5.73 Å². The number of ether oxygens (including phenoxy) is 1. The maximum absolute atomic E-state index is 6.78. The lowest BCUT2D eigenvalue weighted by Gasteiger charge is -2.36. The van der Waals surface area contributed by atoms with Gasteiger partial charge in [0.25, 0.3) is 0 Å². The predicted molar refractivity (Wildman–Crippen MR) is 120 cm³/mol. The summed E-state index contributed by atoms with van der Waals surface area (Å²) in [7, 11) is 0. The Bertz CT molecular complexity index is 933. The first kappa shape index (κ1) is 20.1. The average Bonchev–Trinajstić information content (AvgIpc) is 3.26. The van der Waals surface area contributed by atoms with Gasteiger partial charge in [0.2, 0.25) is 0 Å². The van der Waals surface area contributed by atoms with Gasteiger partial charge >= 0.3 is 0 Å². The quantitative estimate of drug-likeness (QED) is 0.426. The maximum Gasteiger partial charge on any atom is 0.143 e. The number of rotatable bonds is 9. The molecule has 2 N–H and O–H groups in total. The molecule has 0 aliphatic heterocycles. The summed E-state index contributed by atoms with van der Waals surface area (Å²) < 4.78 is 8.70. The van der Waals surface area contributed by atoms with Crippen LogP contribution in [-0.2, 0) is 23.3 Å². The smallest absolute Gasteiger partial charge is 0.143 e. The number of benzene rings is 3. The maximum atomic E-state index is 6.78. The zero-order valence-electron chi connectivity index (χ0n) is 17.0. The highest BCUT2D eigenvalue weighted by Gasteiger charge is 2.37. The second-order valence-electron chi connectivity index (χ2n) is 7.28. The van der Waals surface area contributed by atoms with Gasteiger partial charge in [-0.3, -0.25) is 4.68 Å². The molecule has 1 aromatic heterocycles. The largest absolute Gasteiger partial charge is 0.359 e. The van der Waals surface area contributed by atoms with Crippen LogP contribution in [0, 0.1) is 0 Å². The third-order valence-corrected chi connectivity index (χ3v) is 5.30. The Morgan fingerprint density at radius 3 is 1.73 bits per heavy atom. The second kappa shape index (κ2) is 9.53. The van der Waals surface area contributed by atoms with E-state index in [1.807, 2.05) is 35.3 Å². The summed E-state index contributed by atoms with van der Waals surface area (Å²) in [5.41, 5.74) is 9.42. The van der Waals surface area contributed by atoms with Gasteiger partial charge in [-0.15, -0.1) is 0 Å². The Morgan fingerprint density at radius 1 is 0.767 bits per heavy atom. The number of aromatic nitrogens is 2. The third kappa shape index (κ3) is 4.20. The number of nitrogens with two attached hydrogens (primary N) is 1. The zero-order valence-corrected chi connectivity index (χ0v) is 17.0. The first-order chi connectivity index (χ1) is 14.8. The van der Waals surface area contributed by atoms with Crippen molar-refractivity contribution in [1.29, 1.82) is 0 Å². The van der Waals surface area contributed by atoms with E-state index in [1.54, 1.807) is 0 Å². The molecular formula is C26H27N3O. The highest BCUT2D eigenvalue weighted by Crippen LogP contribution is 2.40.